The van der Waals surface area contributed by atoms with Crippen LogP contribution >= 0.6 is 25.3 Å². The Labute approximate surface area is 462 Å². The lowest BCUT2D eigenvalue weighted by Gasteiger charge is -2.27. The lowest BCUT2D eigenvalue weighted by atomic mass is 10.0. The van der Waals surface area contributed by atoms with Gasteiger partial charge in [0.05, 0.1) is 0 Å². The SMILES string of the molecule is NCCCC[C@H](NC(=O)[C@@H](Cc1c[nH]c2ccccc12)NC(=O)[C@H](Cc1ccc(O)cc1)NC(=O)[C@@H](CS)NC(=O)[C@@H](N)c1ccccc1)C(=O)NCCCC(=O)N[C@H](CS)C(=O)N[C@@H](Cc1c[nH]c2ccccc12)C(N)=O. The first-order valence-electron chi connectivity index (χ1n) is 25.6. The molecule has 0 aliphatic rings. The van der Waals surface area contributed by atoms with Crippen LogP contribution in [0.4, 0.5) is 0 Å². The molecule has 4 aromatic carbocycles. The van der Waals surface area contributed by atoms with Crippen molar-refractivity contribution in [2.24, 2.45) is 17.2 Å². The molecular weight excluding hydrogens is 1040 g/mol. The highest BCUT2D eigenvalue weighted by Gasteiger charge is 2.33. The second-order valence-electron chi connectivity index (χ2n) is 18.8. The molecule has 0 saturated heterocycles. The lowest BCUT2D eigenvalue weighted by molar-refractivity contribution is -0.134. The average molecular weight is 1110 g/mol. The number of nitrogens with two attached hydrogens (primary N) is 3. The molecule has 0 aliphatic carbocycles. The minimum atomic E-state index is -1.34. The van der Waals surface area contributed by atoms with Gasteiger partial charge in [0.15, 0.2) is 0 Å². The molecule has 23 heteroatoms. The molecule has 0 radical (unpaired) electrons. The lowest BCUT2D eigenvalue weighted by Crippen LogP contribution is -2.59. The van der Waals surface area contributed by atoms with Gasteiger partial charge in [0.2, 0.25) is 47.3 Å². The van der Waals surface area contributed by atoms with Crippen molar-refractivity contribution >= 4 is 94.3 Å². The zero-order valence-corrected chi connectivity index (χ0v) is 44.6. The van der Waals surface area contributed by atoms with E-state index >= 15 is 0 Å². The third-order valence-electron chi connectivity index (χ3n) is 13.1. The summed E-state index contributed by atoms with van der Waals surface area (Å²) in [6, 6.07) is 21.1. The first-order valence-corrected chi connectivity index (χ1v) is 26.8. The number of fused-ring (bicyclic) bond motifs is 2. The fourth-order valence-corrected chi connectivity index (χ4v) is 9.23. The Morgan fingerprint density at radius 3 is 1.58 bits per heavy atom. The number of primary amides is 1. The minimum absolute atomic E-state index is 0.00168. The fourth-order valence-electron chi connectivity index (χ4n) is 8.71. The van der Waals surface area contributed by atoms with Gasteiger partial charge in [-0.15, -0.1) is 0 Å². The topological polar surface area (TPSA) is 351 Å². The van der Waals surface area contributed by atoms with Crippen LogP contribution in [0.15, 0.2) is 116 Å². The van der Waals surface area contributed by atoms with Crippen LogP contribution in [0.1, 0.15) is 60.4 Å². The number of phenolic OH excluding ortho intramolecular Hbond substituents is 1. The van der Waals surface area contributed by atoms with Gasteiger partial charge in [0.1, 0.15) is 48.0 Å². The second kappa shape index (κ2) is 29.6. The summed E-state index contributed by atoms with van der Waals surface area (Å²) >= 11 is 8.57. The maximum atomic E-state index is 14.6. The normalized spacial score (nSPS) is 13.9. The molecule has 2 aromatic heterocycles. The van der Waals surface area contributed by atoms with Gasteiger partial charge in [-0.2, -0.15) is 25.3 Å². The summed E-state index contributed by atoms with van der Waals surface area (Å²) in [6.45, 7) is 0.322. The van der Waals surface area contributed by atoms with E-state index in [9.17, 15) is 43.5 Å². The fraction of sp³-hybridized carbons (Fsp3) is 0.345. The van der Waals surface area contributed by atoms with Crippen LogP contribution in [0.5, 0.6) is 5.75 Å². The number of carbonyl (C=O) groups is 8. The molecule has 414 valence electrons. The Balaban J connectivity index is 1.12. The van der Waals surface area contributed by atoms with Crippen molar-refractivity contribution in [1.29, 1.82) is 0 Å². The third kappa shape index (κ3) is 17.1. The van der Waals surface area contributed by atoms with E-state index in [1.54, 1.807) is 54.9 Å². The summed E-state index contributed by atoms with van der Waals surface area (Å²) in [5.41, 5.74) is 21.8. The maximum Gasteiger partial charge on any atom is 0.244 e. The van der Waals surface area contributed by atoms with Gasteiger partial charge in [-0.25, -0.2) is 0 Å². The zero-order valence-electron chi connectivity index (χ0n) is 42.8. The van der Waals surface area contributed by atoms with E-state index in [0.717, 1.165) is 27.4 Å². The molecule has 21 nitrogen and oxygen atoms in total. The van der Waals surface area contributed by atoms with E-state index in [1.807, 2.05) is 48.5 Å². The summed E-state index contributed by atoms with van der Waals surface area (Å²) < 4.78 is 0. The van der Waals surface area contributed by atoms with Crippen LogP contribution in [0, 0.1) is 0 Å². The van der Waals surface area contributed by atoms with E-state index in [1.165, 1.54) is 12.1 Å². The summed E-state index contributed by atoms with van der Waals surface area (Å²) in [5, 5.41) is 30.7. The quantitative estimate of drug-likeness (QED) is 0.0226. The summed E-state index contributed by atoms with van der Waals surface area (Å²) in [4.78, 5) is 115. The molecule has 0 saturated carbocycles. The van der Waals surface area contributed by atoms with Crippen molar-refractivity contribution in [3.63, 3.8) is 0 Å². The van der Waals surface area contributed by atoms with E-state index in [0.29, 0.717) is 36.1 Å². The number of hydrogen-bond donors (Lipinski definition) is 15. The van der Waals surface area contributed by atoms with Crippen molar-refractivity contribution in [2.75, 3.05) is 24.6 Å². The number of nitrogens with one attached hydrogen (secondary N) is 9. The first kappa shape index (κ1) is 59.4. The van der Waals surface area contributed by atoms with E-state index < -0.39 is 89.6 Å². The average Bonchev–Trinajstić information content (AvgIpc) is 4.06. The molecule has 78 heavy (non-hydrogen) atoms. The number of rotatable bonds is 30. The largest absolute Gasteiger partial charge is 0.508 e. The number of aromatic nitrogens is 2. The van der Waals surface area contributed by atoms with Crippen LogP contribution in [0.3, 0.4) is 0 Å². The number of hydrogen-bond acceptors (Lipinski definition) is 13. The van der Waals surface area contributed by atoms with Crippen LogP contribution in [0.2, 0.25) is 0 Å². The number of aromatic hydroxyl groups is 1. The molecule has 0 fully saturated rings. The highest BCUT2D eigenvalue weighted by molar-refractivity contribution is 7.80. The number of unbranched alkanes of at least 4 members (excludes halogenated alkanes) is 1. The van der Waals surface area contributed by atoms with Gasteiger partial charge in [-0.3, -0.25) is 38.4 Å². The smallest absolute Gasteiger partial charge is 0.244 e. The van der Waals surface area contributed by atoms with Crippen molar-refractivity contribution in [3.8, 4) is 5.75 Å². The highest BCUT2D eigenvalue weighted by Crippen LogP contribution is 2.21. The van der Waals surface area contributed by atoms with Gasteiger partial charge < -0.3 is 69.5 Å². The number of benzene rings is 4. The predicted molar refractivity (Wildman–Crippen MR) is 303 cm³/mol. The highest BCUT2D eigenvalue weighted by atomic mass is 32.1. The molecule has 0 bridgehead atoms. The standard InChI is InChI=1S/C55H68N12O9S2/c56-23-9-8-17-41(50(71)59-24-10-18-47(69)62-45(30-77)53(74)64-42(49(58)70)26-34-28-60-39-15-6-4-13-37(34)39)63-52(73)44(27-35-29-61-40-16-7-5-14-38(35)40)66-51(72)43(25-32-19-21-36(68)22-20-32)65-54(75)46(31-78)67-55(76)48(57)33-11-2-1-3-12-33/h1-7,11-16,19-22,28-29,41-46,48,60-61,68,77-78H,8-10,17-18,23-27,30-31,56-57H2,(H2,58,70)(H,59,71)(H,62,69)(H,63,73)(H,64,74)(H,65,75)(H,66,72)(H,67,76)/t41-,42-,43-,44+,45+,46+,48-/m0/s1. The van der Waals surface area contributed by atoms with E-state index in [4.69, 9.17) is 17.2 Å². The van der Waals surface area contributed by atoms with Crippen molar-refractivity contribution in [3.05, 3.63) is 138 Å². The van der Waals surface area contributed by atoms with E-state index in [-0.39, 0.29) is 62.3 Å². The molecule has 7 atom stereocenters. The molecule has 2 heterocycles. The van der Waals surface area contributed by atoms with Crippen LogP contribution in [-0.2, 0) is 57.6 Å². The Kier molecular flexibility index (Phi) is 22.5. The first-order chi connectivity index (χ1) is 37.6. The molecule has 8 amide bonds. The number of H-pyrrole nitrogens is 2. The van der Waals surface area contributed by atoms with Gasteiger partial charge in [0, 0.05) is 77.9 Å². The summed E-state index contributed by atoms with van der Waals surface area (Å²) in [6.07, 6.45) is 4.57. The molecule has 0 aliphatic heterocycles. The number of para-hydroxylation sites is 2. The second-order valence-corrected chi connectivity index (χ2v) is 19.5. The number of aromatic amines is 2. The molecule has 16 N–H and O–H groups in total. The van der Waals surface area contributed by atoms with Gasteiger partial charge in [0.25, 0.3) is 0 Å². The Bertz CT molecular complexity index is 3010. The Morgan fingerprint density at radius 1 is 0.526 bits per heavy atom. The predicted octanol–water partition coefficient (Wildman–Crippen LogP) is 1.36. The van der Waals surface area contributed by atoms with Crippen LogP contribution < -0.4 is 54.4 Å². The monoisotopic (exact) mass is 1100 g/mol. The van der Waals surface area contributed by atoms with Gasteiger partial charge in [-0.05, 0) is 78.7 Å². The van der Waals surface area contributed by atoms with E-state index in [2.05, 4.69) is 72.4 Å². The summed E-state index contributed by atoms with van der Waals surface area (Å²) in [7, 11) is 0. The maximum absolute atomic E-state index is 14.6. The molecular formula is C55H68N12O9S2. The Hall–Kier alpha value is -7.86. The molecule has 0 unspecified atom stereocenters. The van der Waals surface area contributed by atoms with Crippen molar-refractivity contribution < 1.29 is 43.5 Å². The third-order valence-corrected chi connectivity index (χ3v) is 13.8. The minimum Gasteiger partial charge on any atom is -0.508 e. The van der Waals surface area contributed by atoms with Crippen molar-refractivity contribution in [2.45, 2.75) is 93.7 Å². The van der Waals surface area contributed by atoms with Crippen LogP contribution in [-0.4, -0.2) is 123 Å². The summed E-state index contributed by atoms with van der Waals surface area (Å²) in [5.74, 6) is -5.70. The van der Waals surface area contributed by atoms with Gasteiger partial charge >= 0.3 is 0 Å². The number of thiol groups is 2. The van der Waals surface area contributed by atoms with Gasteiger partial charge in [-0.1, -0.05) is 78.9 Å². The van der Waals surface area contributed by atoms with Crippen LogP contribution in [0.25, 0.3) is 21.8 Å². The number of amides is 8. The Morgan fingerprint density at radius 2 is 1.01 bits per heavy atom. The molecule has 6 rings (SSSR count). The van der Waals surface area contributed by atoms with Crippen molar-refractivity contribution in [1.82, 2.24) is 47.2 Å². The number of carbonyl (C=O) groups excluding carboxylic acids is 8. The molecule has 6 aromatic rings. The number of phenols is 1. The zero-order chi connectivity index (χ0) is 56.1. The molecule has 0 spiro atoms.